The van der Waals surface area contributed by atoms with Crippen LogP contribution in [-0.2, 0) is 65.4 Å². The molecule has 0 saturated heterocycles. The Hall–Kier alpha value is -1.94. The van der Waals surface area contributed by atoms with E-state index in [-0.39, 0.29) is 25.7 Å². The third-order valence-corrected chi connectivity index (χ3v) is 21.7. The summed E-state index contributed by atoms with van der Waals surface area (Å²) in [5, 5.41) is 10.6. The lowest BCUT2D eigenvalue weighted by atomic mass is 9.99. The molecule has 19 heteroatoms. The van der Waals surface area contributed by atoms with E-state index in [9.17, 15) is 43.2 Å². The highest BCUT2D eigenvalue weighted by Gasteiger charge is 2.30. The van der Waals surface area contributed by atoms with E-state index in [2.05, 4.69) is 41.5 Å². The third-order valence-electron chi connectivity index (χ3n) is 19.8. The highest BCUT2D eigenvalue weighted by molar-refractivity contribution is 7.47. The first-order valence-corrected chi connectivity index (χ1v) is 46.0. The first-order chi connectivity index (χ1) is 49.4. The van der Waals surface area contributed by atoms with E-state index in [1.54, 1.807) is 0 Å². The Morgan fingerprint density at radius 1 is 0.284 bits per heavy atom. The first-order valence-electron chi connectivity index (χ1n) is 43.0. The Morgan fingerprint density at radius 2 is 0.500 bits per heavy atom. The van der Waals surface area contributed by atoms with Crippen molar-refractivity contribution in [2.24, 2.45) is 11.8 Å². The van der Waals surface area contributed by atoms with E-state index in [4.69, 9.17) is 37.0 Å². The Labute approximate surface area is 626 Å². The number of phosphoric acid groups is 2. The molecule has 0 heterocycles. The molecule has 0 aliphatic rings. The summed E-state index contributed by atoms with van der Waals surface area (Å²) in [4.78, 5) is 73.0. The molecule has 0 aromatic heterocycles. The van der Waals surface area contributed by atoms with Gasteiger partial charge in [-0.15, -0.1) is 0 Å². The molecule has 606 valence electrons. The topological polar surface area (TPSA) is 237 Å². The molecule has 0 aromatic carbocycles. The zero-order valence-corrected chi connectivity index (χ0v) is 68.7. The molecule has 0 bridgehead atoms. The van der Waals surface area contributed by atoms with Gasteiger partial charge in [-0.2, -0.15) is 0 Å². The molecule has 0 fully saturated rings. The quantitative estimate of drug-likeness (QED) is 0.0222. The van der Waals surface area contributed by atoms with Gasteiger partial charge in [0.1, 0.15) is 19.3 Å². The Balaban J connectivity index is 5.20. The van der Waals surface area contributed by atoms with Gasteiger partial charge in [-0.3, -0.25) is 37.3 Å². The maximum Gasteiger partial charge on any atom is 0.472 e. The van der Waals surface area contributed by atoms with Crippen LogP contribution in [0.25, 0.3) is 0 Å². The van der Waals surface area contributed by atoms with E-state index in [1.807, 2.05) is 0 Å². The van der Waals surface area contributed by atoms with E-state index >= 15 is 0 Å². The van der Waals surface area contributed by atoms with Gasteiger partial charge in [0.2, 0.25) is 0 Å². The Bertz CT molecular complexity index is 1960. The van der Waals surface area contributed by atoms with E-state index in [0.29, 0.717) is 25.7 Å². The summed E-state index contributed by atoms with van der Waals surface area (Å²) < 4.78 is 68.7. The lowest BCUT2D eigenvalue weighted by molar-refractivity contribution is -0.161. The second-order valence-electron chi connectivity index (χ2n) is 30.6. The SMILES string of the molecule is CCCCCCCCCCCCCCCCCCCCCCCCC(=O)O[C@H](COC(=O)CCCCCCCCCCCCCCCCC(C)CC)COP(=O)(O)OC[C@@H](O)COP(=O)(O)OC[C@@H](COC(=O)CCCCCCCCCCCC)OC(=O)CCCCCCCCCCCC(C)C. The molecular formula is C83H162O17P2. The lowest BCUT2D eigenvalue weighted by Crippen LogP contribution is -2.30. The predicted molar refractivity (Wildman–Crippen MR) is 418 cm³/mol. The fourth-order valence-corrected chi connectivity index (χ4v) is 14.4. The summed E-state index contributed by atoms with van der Waals surface area (Å²) in [7, 11) is -9.92. The van der Waals surface area contributed by atoms with Crippen molar-refractivity contribution in [2.75, 3.05) is 39.6 Å². The van der Waals surface area contributed by atoms with Crippen molar-refractivity contribution < 1.29 is 80.2 Å². The number of hydrogen-bond acceptors (Lipinski definition) is 15. The number of ether oxygens (including phenoxy) is 4. The smallest absolute Gasteiger partial charge is 0.462 e. The van der Waals surface area contributed by atoms with Crippen LogP contribution in [0.4, 0.5) is 0 Å². The monoisotopic (exact) mass is 1490 g/mol. The van der Waals surface area contributed by atoms with Gasteiger partial charge in [-0.25, -0.2) is 9.13 Å². The Morgan fingerprint density at radius 3 is 0.745 bits per heavy atom. The average Bonchev–Trinajstić information content (AvgIpc) is 0.916. The number of aliphatic hydroxyl groups excluding tert-OH is 1. The molecule has 0 spiro atoms. The van der Waals surface area contributed by atoms with Crippen molar-refractivity contribution in [3.05, 3.63) is 0 Å². The van der Waals surface area contributed by atoms with Crippen molar-refractivity contribution in [3.8, 4) is 0 Å². The summed E-state index contributed by atoms with van der Waals surface area (Å²) in [5.74, 6) is -0.522. The molecule has 0 amide bonds. The van der Waals surface area contributed by atoms with Crippen molar-refractivity contribution in [1.82, 2.24) is 0 Å². The van der Waals surface area contributed by atoms with Crippen molar-refractivity contribution in [1.29, 1.82) is 0 Å². The number of carbonyl (C=O) groups is 4. The summed E-state index contributed by atoms with van der Waals surface area (Å²) >= 11 is 0. The minimum absolute atomic E-state index is 0.106. The van der Waals surface area contributed by atoms with Crippen LogP contribution in [-0.4, -0.2) is 96.7 Å². The lowest BCUT2D eigenvalue weighted by Gasteiger charge is -2.21. The number of phosphoric ester groups is 2. The van der Waals surface area contributed by atoms with Gasteiger partial charge in [0.15, 0.2) is 12.2 Å². The number of aliphatic hydroxyl groups is 1. The van der Waals surface area contributed by atoms with Crippen LogP contribution in [0.3, 0.4) is 0 Å². The highest BCUT2D eigenvalue weighted by atomic mass is 31.2. The molecule has 0 rings (SSSR count). The van der Waals surface area contributed by atoms with Crippen LogP contribution in [0.15, 0.2) is 0 Å². The number of unbranched alkanes of at least 4 members (excludes halogenated alkanes) is 51. The summed E-state index contributed by atoms with van der Waals surface area (Å²) in [6.45, 7) is 9.66. The normalized spacial score (nSPS) is 14.1. The van der Waals surface area contributed by atoms with Gasteiger partial charge >= 0.3 is 39.5 Å². The number of esters is 4. The van der Waals surface area contributed by atoms with Crippen molar-refractivity contribution >= 4 is 39.5 Å². The highest BCUT2D eigenvalue weighted by Crippen LogP contribution is 2.45. The molecule has 3 N–H and O–H groups in total. The van der Waals surface area contributed by atoms with Crippen LogP contribution in [0.2, 0.25) is 0 Å². The minimum atomic E-state index is -4.96. The maximum atomic E-state index is 13.1. The van der Waals surface area contributed by atoms with E-state index in [0.717, 1.165) is 102 Å². The van der Waals surface area contributed by atoms with Gasteiger partial charge < -0.3 is 33.8 Å². The molecule has 3 unspecified atom stereocenters. The molecule has 0 radical (unpaired) electrons. The van der Waals surface area contributed by atoms with Crippen molar-refractivity contribution in [3.63, 3.8) is 0 Å². The van der Waals surface area contributed by atoms with Crippen LogP contribution >= 0.6 is 15.6 Å². The average molecular weight is 1490 g/mol. The summed E-state index contributed by atoms with van der Waals surface area (Å²) in [6.07, 6.45) is 65.3. The summed E-state index contributed by atoms with van der Waals surface area (Å²) in [6, 6.07) is 0. The zero-order valence-electron chi connectivity index (χ0n) is 66.9. The predicted octanol–water partition coefficient (Wildman–Crippen LogP) is 25.1. The van der Waals surface area contributed by atoms with Gasteiger partial charge in [0.05, 0.1) is 26.4 Å². The van der Waals surface area contributed by atoms with Crippen LogP contribution in [0.5, 0.6) is 0 Å². The minimum Gasteiger partial charge on any atom is -0.462 e. The number of rotatable bonds is 82. The first kappa shape index (κ1) is 100. The molecular weight excluding hydrogens is 1330 g/mol. The fourth-order valence-electron chi connectivity index (χ4n) is 12.9. The third kappa shape index (κ3) is 74.9. The summed E-state index contributed by atoms with van der Waals surface area (Å²) in [5.41, 5.74) is 0. The molecule has 6 atom stereocenters. The maximum absolute atomic E-state index is 13.1. The molecule has 0 aliphatic carbocycles. The van der Waals surface area contributed by atoms with Crippen LogP contribution < -0.4 is 0 Å². The standard InChI is InChI=1S/C83H162O17P2/c1-7-10-12-14-16-18-20-21-22-23-24-25-26-27-28-29-34-37-43-49-55-61-67-82(87)99-78(72-94-81(86)66-60-54-48-42-36-33-31-30-32-35-40-46-52-58-64-76(6)9-3)73-97-101(89,90)95-69-77(84)70-96-102(91,92)98-74-79(71-93-80(85)65-59-53-47-41-19-17-15-13-11-8-2)100-83(88)68-62-56-50-44-38-39-45-51-57-63-75(4)5/h75-79,84H,7-74H2,1-6H3,(H,89,90)(H,91,92)/t76?,77-,78-,79-/m1/s1. The molecule has 17 nitrogen and oxygen atoms in total. The number of hydrogen-bond donors (Lipinski definition) is 3. The van der Waals surface area contributed by atoms with Gasteiger partial charge in [0, 0.05) is 25.7 Å². The largest absolute Gasteiger partial charge is 0.472 e. The molecule has 102 heavy (non-hydrogen) atoms. The van der Waals surface area contributed by atoms with Crippen LogP contribution in [0, 0.1) is 11.8 Å². The van der Waals surface area contributed by atoms with Gasteiger partial charge in [0.25, 0.3) is 0 Å². The van der Waals surface area contributed by atoms with Gasteiger partial charge in [-0.05, 0) is 37.5 Å². The molecule has 0 aromatic rings. The fraction of sp³-hybridized carbons (Fsp3) is 0.952. The zero-order chi connectivity index (χ0) is 74.9. The van der Waals surface area contributed by atoms with E-state index in [1.165, 1.54) is 257 Å². The second kappa shape index (κ2) is 74.5. The van der Waals surface area contributed by atoms with Crippen molar-refractivity contribution in [2.45, 2.75) is 458 Å². The van der Waals surface area contributed by atoms with Gasteiger partial charge in [-0.1, -0.05) is 388 Å². The second-order valence-corrected chi connectivity index (χ2v) is 33.5. The molecule has 0 aliphatic heterocycles. The van der Waals surface area contributed by atoms with Crippen LogP contribution in [0.1, 0.15) is 440 Å². The number of carbonyl (C=O) groups excluding carboxylic acids is 4. The molecule has 0 saturated carbocycles. The van der Waals surface area contributed by atoms with E-state index < -0.39 is 97.5 Å². The Kier molecular flexibility index (Phi) is 73.1.